The summed E-state index contributed by atoms with van der Waals surface area (Å²) in [5, 5.41) is 10.2. The highest BCUT2D eigenvalue weighted by molar-refractivity contribution is 14.0. The van der Waals surface area contributed by atoms with Crippen LogP contribution in [0.1, 0.15) is 49.2 Å². The van der Waals surface area contributed by atoms with Crippen LogP contribution in [-0.2, 0) is 6.54 Å². The Kier molecular flexibility index (Phi) is 6.92. The molecule has 2 atom stereocenters. The van der Waals surface area contributed by atoms with Gasteiger partial charge in [0.2, 0.25) is 0 Å². The van der Waals surface area contributed by atoms with Gasteiger partial charge in [-0.25, -0.2) is 4.98 Å². The molecule has 6 heteroatoms. The third-order valence-electron chi connectivity index (χ3n) is 4.71. The lowest BCUT2D eigenvalue weighted by Crippen LogP contribution is -2.39. The summed E-state index contributed by atoms with van der Waals surface area (Å²) < 4.78 is 0. The highest BCUT2D eigenvalue weighted by Gasteiger charge is 2.43. The molecule has 1 aromatic heterocycles. The second kappa shape index (κ2) is 8.47. The van der Waals surface area contributed by atoms with Gasteiger partial charge in [-0.2, -0.15) is 0 Å². The van der Waals surface area contributed by atoms with Gasteiger partial charge in [-0.3, -0.25) is 4.99 Å². The summed E-state index contributed by atoms with van der Waals surface area (Å²) in [6.45, 7) is 2.80. The normalized spacial score (nSPS) is 25.5. The molecule has 4 nitrogen and oxygen atoms in total. The van der Waals surface area contributed by atoms with E-state index in [-0.39, 0.29) is 24.0 Å². The van der Waals surface area contributed by atoms with Crippen molar-refractivity contribution in [3.63, 3.8) is 0 Å². The molecule has 2 fully saturated rings. The molecule has 1 heterocycles. The molecule has 0 aliphatic heterocycles. The quantitative estimate of drug-likeness (QED) is 0.432. The number of aromatic nitrogens is 1. The maximum absolute atomic E-state index is 4.47. The van der Waals surface area contributed by atoms with E-state index in [1.54, 1.807) is 11.3 Å². The molecule has 2 unspecified atom stereocenters. The predicted octanol–water partition coefficient (Wildman–Crippen LogP) is 3.70. The van der Waals surface area contributed by atoms with Crippen molar-refractivity contribution in [2.75, 3.05) is 7.05 Å². The van der Waals surface area contributed by atoms with Gasteiger partial charge in [0, 0.05) is 24.2 Å². The maximum atomic E-state index is 4.47. The number of hydrogen-bond donors (Lipinski definition) is 2. The minimum absolute atomic E-state index is 0. The van der Waals surface area contributed by atoms with E-state index in [4.69, 9.17) is 0 Å². The molecule has 0 radical (unpaired) electrons. The molecule has 2 aliphatic carbocycles. The van der Waals surface area contributed by atoms with Crippen LogP contribution in [0.15, 0.2) is 10.4 Å². The molecule has 0 amide bonds. The van der Waals surface area contributed by atoms with E-state index < -0.39 is 0 Å². The van der Waals surface area contributed by atoms with E-state index in [0.717, 1.165) is 35.0 Å². The van der Waals surface area contributed by atoms with Crippen LogP contribution in [0.3, 0.4) is 0 Å². The largest absolute Gasteiger partial charge is 0.353 e. The molecule has 2 aliphatic rings. The number of guanidine groups is 1. The van der Waals surface area contributed by atoms with Gasteiger partial charge in [-0.15, -0.1) is 35.3 Å². The van der Waals surface area contributed by atoms with Crippen LogP contribution in [0.4, 0.5) is 0 Å². The van der Waals surface area contributed by atoms with E-state index in [2.05, 4.69) is 26.0 Å². The van der Waals surface area contributed by atoms with E-state index in [1.807, 2.05) is 14.0 Å². The number of halogens is 1. The second-order valence-electron chi connectivity index (χ2n) is 6.36. The van der Waals surface area contributed by atoms with Crippen LogP contribution in [0, 0.1) is 18.8 Å². The third kappa shape index (κ3) is 4.81. The number of nitrogens with one attached hydrogen (secondary N) is 2. The van der Waals surface area contributed by atoms with Gasteiger partial charge in [-0.1, -0.05) is 32.1 Å². The van der Waals surface area contributed by atoms with Crippen molar-refractivity contribution in [1.29, 1.82) is 0 Å². The Morgan fingerprint density at radius 1 is 1.36 bits per heavy atom. The van der Waals surface area contributed by atoms with Gasteiger partial charge in [0.15, 0.2) is 5.96 Å². The zero-order valence-corrected chi connectivity index (χ0v) is 16.6. The maximum Gasteiger partial charge on any atom is 0.191 e. The van der Waals surface area contributed by atoms with Crippen molar-refractivity contribution in [2.24, 2.45) is 16.8 Å². The Morgan fingerprint density at radius 2 is 2.14 bits per heavy atom. The first-order valence-corrected chi connectivity index (χ1v) is 9.02. The van der Waals surface area contributed by atoms with Crippen molar-refractivity contribution < 1.29 is 0 Å². The molecule has 1 aromatic rings. The van der Waals surface area contributed by atoms with Crippen LogP contribution in [0.25, 0.3) is 0 Å². The number of nitrogens with zero attached hydrogens (tertiary/aromatic N) is 2. The number of rotatable bonds is 4. The molecule has 124 valence electrons. The zero-order chi connectivity index (χ0) is 14.7. The van der Waals surface area contributed by atoms with Crippen molar-refractivity contribution >= 4 is 41.3 Å². The zero-order valence-electron chi connectivity index (χ0n) is 13.5. The summed E-state index contributed by atoms with van der Waals surface area (Å²) in [4.78, 5) is 8.81. The Bertz CT molecular complexity index is 496. The SMILES string of the molecule is CN=C(NCc1nc(C)cs1)NC1CC1C1CCCCC1.I. The first-order valence-electron chi connectivity index (χ1n) is 8.14. The molecule has 2 N–H and O–H groups in total. The van der Waals surface area contributed by atoms with Crippen LogP contribution in [0.5, 0.6) is 0 Å². The summed E-state index contributed by atoms with van der Waals surface area (Å²) >= 11 is 1.70. The third-order valence-corrected chi connectivity index (χ3v) is 5.68. The van der Waals surface area contributed by atoms with Crippen molar-refractivity contribution in [1.82, 2.24) is 15.6 Å². The summed E-state index contributed by atoms with van der Waals surface area (Å²) in [6, 6.07) is 0.636. The Balaban J connectivity index is 0.00000176. The lowest BCUT2D eigenvalue weighted by atomic mass is 9.85. The smallest absolute Gasteiger partial charge is 0.191 e. The van der Waals surface area contributed by atoms with Gasteiger partial charge in [-0.05, 0) is 25.2 Å². The van der Waals surface area contributed by atoms with Gasteiger partial charge in [0.1, 0.15) is 5.01 Å². The Hall–Kier alpha value is -0.370. The minimum atomic E-state index is 0. The number of hydrogen-bond acceptors (Lipinski definition) is 3. The first-order chi connectivity index (χ1) is 10.3. The fraction of sp³-hybridized carbons (Fsp3) is 0.750. The molecule has 22 heavy (non-hydrogen) atoms. The van der Waals surface area contributed by atoms with Crippen molar-refractivity contribution in [3.8, 4) is 0 Å². The average Bonchev–Trinajstić information content (AvgIpc) is 3.17. The first kappa shape index (κ1) is 18.0. The van der Waals surface area contributed by atoms with E-state index in [0.29, 0.717) is 6.04 Å². The minimum Gasteiger partial charge on any atom is -0.353 e. The molecule has 2 saturated carbocycles. The van der Waals surface area contributed by atoms with Gasteiger partial charge in [0.25, 0.3) is 0 Å². The highest BCUT2D eigenvalue weighted by atomic mass is 127. The molecule has 0 bridgehead atoms. The lowest BCUT2D eigenvalue weighted by Gasteiger charge is -2.22. The van der Waals surface area contributed by atoms with E-state index >= 15 is 0 Å². The van der Waals surface area contributed by atoms with Crippen LogP contribution < -0.4 is 10.6 Å². The summed E-state index contributed by atoms with van der Waals surface area (Å²) in [5.74, 6) is 2.76. The summed E-state index contributed by atoms with van der Waals surface area (Å²) in [7, 11) is 1.85. The molecular formula is C16H27IN4S. The highest BCUT2D eigenvalue weighted by Crippen LogP contribution is 2.44. The molecule has 0 aromatic carbocycles. The Labute approximate surface area is 154 Å². The van der Waals surface area contributed by atoms with Crippen molar-refractivity contribution in [2.45, 2.75) is 58.0 Å². The fourth-order valence-corrected chi connectivity index (χ4v) is 4.19. The van der Waals surface area contributed by atoms with Crippen LogP contribution in [0.2, 0.25) is 0 Å². The summed E-state index contributed by atoms with van der Waals surface area (Å²) in [5.41, 5.74) is 1.10. The average molecular weight is 434 g/mol. The topological polar surface area (TPSA) is 49.3 Å². The number of aryl methyl sites for hydroxylation is 1. The van der Waals surface area contributed by atoms with Crippen LogP contribution in [-0.4, -0.2) is 24.0 Å². The fourth-order valence-electron chi connectivity index (χ4n) is 3.48. The van der Waals surface area contributed by atoms with Gasteiger partial charge >= 0.3 is 0 Å². The predicted molar refractivity (Wildman–Crippen MR) is 104 cm³/mol. The monoisotopic (exact) mass is 434 g/mol. The van der Waals surface area contributed by atoms with Crippen LogP contribution >= 0.6 is 35.3 Å². The molecular weight excluding hydrogens is 407 g/mol. The number of thiazole rings is 1. The van der Waals surface area contributed by atoms with E-state index in [1.165, 1.54) is 38.5 Å². The molecule has 0 saturated heterocycles. The van der Waals surface area contributed by atoms with Gasteiger partial charge < -0.3 is 10.6 Å². The second-order valence-corrected chi connectivity index (χ2v) is 7.30. The lowest BCUT2D eigenvalue weighted by molar-refractivity contribution is 0.315. The molecule has 3 rings (SSSR count). The Morgan fingerprint density at radius 3 is 2.77 bits per heavy atom. The van der Waals surface area contributed by atoms with Gasteiger partial charge in [0.05, 0.1) is 6.54 Å². The summed E-state index contributed by atoms with van der Waals surface area (Å²) in [6.07, 6.45) is 8.51. The molecule has 0 spiro atoms. The van der Waals surface area contributed by atoms with E-state index in [9.17, 15) is 0 Å². The number of aliphatic imine (C=N–C) groups is 1. The van der Waals surface area contributed by atoms with Crippen molar-refractivity contribution in [3.05, 3.63) is 16.1 Å². The standard InChI is InChI=1S/C16H26N4S.HI/c1-11-10-21-15(19-11)9-18-16(17-2)20-14-8-13(14)12-6-4-3-5-7-12;/h10,12-14H,3-9H2,1-2H3,(H2,17,18,20);1H.